The number of carbonyl (C=O) groups excluding carboxylic acids is 2. The predicted octanol–water partition coefficient (Wildman–Crippen LogP) is 2.37. The van der Waals surface area contributed by atoms with Gasteiger partial charge in [0, 0.05) is 38.9 Å². The van der Waals surface area contributed by atoms with Crippen LogP contribution in [0.15, 0.2) is 18.2 Å². The molecule has 0 fully saturated rings. The highest BCUT2D eigenvalue weighted by molar-refractivity contribution is 6.31. The summed E-state index contributed by atoms with van der Waals surface area (Å²) >= 11 is 5.76. The Morgan fingerprint density at radius 2 is 2.17 bits per heavy atom. The predicted molar refractivity (Wildman–Crippen MR) is 105 cm³/mol. The summed E-state index contributed by atoms with van der Waals surface area (Å²) in [6.45, 7) is 2.03. The second kappa shape index (κ2) is 7.74. The first kappa shape index (κ1) is 19.8. The summed E-state index contributed by atoms with van der Waals surface area (Å²) in [5, 5.41) is 7.11. The van der Waals surface area contributed by atoms with Gasteiger partial charge in [0.15, 0.2) is 0 Å². The summed E-state index contributed by atoms with van der Waals surface area (Å²) in [6.07, 6.45) is 0.445. The van der Waals surface area contributed by atoms with Crippen molar-refractivity contribution in [3.63, 3.8) is 0 Å². The number of nitrogens with one attached hydrogen (secondary N) is 1. The van der Waals surface area contributed by atoms with Gasteiger partial charge in [-0.05, 0) is 25.2 Å². The number of hydrogen-bond acceptors (Lipinski definition) is 5. The minimum atomic E-state index is -0.583. The topological polar surface area (TPSA) is 79.7 Å². The Kier molecular flexibility index (Phi) is 5.28. The van der Waals surface area contributed by atoms with Crippen LogP contribution in [0.5, 0.6) is 0 Å². The average molecular weight is 422 g/mol. The Labute approximate surface area is 172 Å². The average Bonchev–Trinajstić information content (AvgIpc) is 2.93. The first-order chi connectivity index (χ1) is 13.9. The number of urea groups is 1. The van der Waals surface area contributed by atoms with Crippen LogP contribution in [-0.4, -0.2) is 64.9 Å². The second-order valence-corrected chi connectivity index (χ2v) is 7.68. The van der Waals surface area contributed by atoms with Crippen LogP contribution in [0.3, 0.4) is 0 Å². The fourth-order valence-corrected chi connectivity index (χ4v) is 3.95. The molecule has 2 aromatic rings. The van der Waals surface area contributed by atoms with Crippen molar-refractivity contribution in [3.05, 3.63) is 46.0 Å². The van der Waals surface area contributed by atoms with Crippen LogP contribution in [0, 0.1) is 5.82 Å². The van der Waals surface area contributed by atoms with Crippen molar-refractivity contribution in [3.8, 4) is 0 Å². The normalized spacial score (nSPS) is 19.5. The first-order valence-corrected chi connectivity index (χ1v) is 9.63. The van der Waals surface area contributed by atoms with E-state index < -0.39 is 11.8 Å². The van der Waals surface area contributed by atoms with E-state index in [2.05, 4.69) is 15.3 Å². The number of hydrogen-bond donors (Lipinski definition) is 1. The Morgan fingerprint density at radius 3 is 2.90 bits per heavy atom. The van der Waals surface area contributed by atoms with E-state index in [1.54, 1.807) is 7.11 Å². The van der Waals surface area contributed by atoms with Gasteiger partial charge in [0.1, 0.15) is 5.82 Å². The Hall–Kier alpha value is -2.49. The van der Waals surface area contributed by atoms with Gasteiger partial charge in [0.05, 0.1) is 34.6 Å². The number of imide groups is 1. The van der Waals surface area contributed by atoms with E-state index in [1.165, 1.54) is 12.1 Å². The molecular weight excluding hydrogens is 401 g/mol. The van der Waals surface area contributed by atoms with Crippen LogP contribution in [0.1, 0.15) is 21.7 Å². The van der Waals surface area contributed by atoms with Gasteiger partial charge in [0.25, 0.3) is 5.91 Å². The molecule has 0 aliphatic carbocycles. The molecule has 0 bridgehead atoms. The van der Waals surface area contributed by atoms with Crippen LogP contribution in [0.4, 0.5) is 14.9 Å². The van der Waals surface area contributed by atoms with Crippen LogP contribution in [0.2, 0.25) is 5.02 Å². The minimum Gasteiger partial charge on any atom is -0.378 e. The van der Waals surface area contributed by atoms with Crippen molar-refractivity contribution in [2.75, 3.05) is 32.6 Å². The summed E-state index contributed by atoms with van der Waals surface area (Å²) in [5.74, 6) is -0.966. The smallest absolute Gasteiger partial charge is 0.328 e. The number of amides is 3. The summed E-state index contributed by atoms with van der Waals surface area (Å²) < 4.78 is 20.7. The van der Waals surface area contributed by atoms with Gasteiger partial charge in [-0.1, -0.05) is 11.6 Å². The Balaban J connectivity index is 1.59. The molecule has 1 aromatic carbocycles. The largest absolute Gasteiger partial charge is 0.378 e. The van der Waals surface area contributed by atoms with Crippen molar-refractivity contribution >= 4 is 29.2 Å². The van der Waals surface area contributed by atoms with Crippen molar-refractivity contribution < 1.29 is 18.7 Å². The lowest BCUT2D eigenvalue weighted by Crippen LogP contribution is -2.44. The lowest BCUT2D eigenvalue weighted by atomic mass is 10.0. The molecule has 2 aliphatic heterocycles. The number of likely N-dealkylation sites (N-methyl/N-ethyl adjacent to an activating group) is 1. The molecule has 10 heteroatoms. The van der Waals surface area contributed by atoms with Crippen molar-refractivity contribution in [2.45, 2.75) is 25.6 Å². The number of methoxy groups -OCH3 is 1. The van der Waals surface area contributed by atoms with Gasteiger partial charge < -0.3 is 10.1 Å². The molecule has 0 spiro atoms. The third-order valence-electron chi connectivity index (χ3n) is 5.22. The molecule has 1 aromatic heterocycles. The van der Waals surface area contributed by atoms with Gasteiger partial charge in [-0.3, -0.25) is 19.3 Å². The summed E-state index contributed by atoms with van der Waals surface area (Å²) in [7, 11) is 3.61. The van der Waals surface area contributed by atoms with E-state index in [0.29, 0.717) is 36.5 Å². The lowest BCUT2D eigenvalue weighted by Gasteiger charge is -2.26. The van der Waals surface area contributed by atoms with E-state index >= 15 is 0 Å². The lowest BCUT2D eigenvalue weighted by molar-refractivity contribution is 0.0637. The molecule has 3 heterocycles. The maximum Gasteiger partial charge on any atom is 0.328 e. The van der Waals surface area contributed by atoms with Crippen molar-refractivity contribution in [1.29, 1.82) is 0 Å². The number of ether oxygens (including phenoxy) is 1. The molecule has 1 atom stereocenters. The van der Waals surface area contributed by atoms with E-state index in [1.807, 2.05) is 11.7 Å². The summed E-state index contributed by atoms with van der Waals surface area (Å²) in [5.41, 5.74) is 2.28. The zero-order chi connectivity index (χ0) is 20.7. The summed E-state index contributed by atoms with van der Waals surface area (Å²) in [6, 6.07) is 3.28. The van der Waals surface area contributed by atoms with Crippen LogP contribution >= 0.6 is 11.6 Å². The number of carbonyl (C=O) groups is 2. The van der Waals surface area contributed by atoms with Crippen molar-refractivity contribution in [1.82, 2.24) is 19.6 Å². The van der Waals surface area contributed by atoms with Crippen molar-refractivity contribution in [2.24, 2.45) is 0 Å². The second-order valence-electron chi connectivity index (χ2n) is 7.27. The molecule has 0 saturated carbocycles. The molecule has 1 unspecified atom stereocenters. The number of benzene rings is 1. The van der Waals surface area contributed by atoms with Gasteiger partial charge in [-0.25, -0.2) is 9.18 Å². The molecule has 0 saturated heterocycles. The zero-order valence-corrected chi connectivity index (χ0v) is 16.9. The third-order valence-corrected chi connectivity index (χ3v) is 5.51. The molecule has 3 amide bonds. The monoisotopic (exact) mass is 421 g/mol. The van der Waals surface area contributed by atoms with Crippen LogP contribution < -0.4 is 5.32 Å². The quantitative estimate of drug-likeness (QED) is 0.805. The van der Waals surface area contributed by atoms with E-state index in [4.69, 9.17) is 16.3 Å². The van der Waals surface area contributed by atoms with E-state index in [9.17, 15) is 14.0 Å². The number of anilines is 1. The number of aromatic nitrogens is 2. The molecule has 0 radical (unpaired) electrons. The number of halogens is 2. The Morgan fingerprint density at radius 1 is 1.38 bits per heavy atom. The molecular formula is C19H21ClFN5O3. The molecule has 2 aliphatic rings. The number of fused-ring (bicyclic) bond motifs is 3. The van der Waals surface area contributed by atoms with E-state index in [-0.39, 0.29) is 23.6 Å². The SMILES string of the molecule is COC1CN(C)Cc2c3c(nn2C1)CCN(C(=O)Nc1ccc(F)c(Cl)c1)C3=O. The van der Waals surface area contributed by atoms with Crippen LogP contribution in [-0.2, 0) is 24.2 Å². The summed E-state index contributed by atoms with van der Waals surface area (Å²) in [4.78, 5) is 29.1. The maximum atomic E-state index is 13.3. The van der Waals surface area contributed by atoms with Gasteiger partial charge in [0.2, 0.25) is 0 Å². The highest BCUT2D eigenvalue weighted by Crippen LogP contribution is 2.27. The highest BCUT2D eigenvalue weighted by Gasteiger charge is 2.36. The molecule has 29 heavy (non-hydrogen) atoms. The molecule has 1 N–H and O–H groups in total. The molecule has 8 nitrogen and oxygen atoms in total. The molecule has 154 valence electrons. The fraction of sp³-hybridized carbons (Fsp3) is 0.421. The van der Waals surface area contributed by atoms with Crippen LogP contribution in [0.25, 0.3) is 0 Å². The fourth-order valence-electron chi connectivity index (χ4n) is 3.77. The maximum absolute atomic E-state index is 13.3. The minimum absolute atomic E-state index is 0.0275. The van der Waals surface area contributed by atoms with Gasteiger partial charge >= 0.3 is 6.03 Å². The van der Waals surface area contributed by atoms with Gasteiger partial charge in [-0.15, -0.1) is 0 Å². The molecule has 4 rings (SSSR count). The Bertz CT molecular complexity index is 979. The highest BCUT2D eigenvalue weighted by atomic mass is 35.5. The standard InChI is InChI=1S/C19H21ClFN5O3/c1-24-8-12(29-2)9-26-16(10-24)17-15(23-26)5-6-25(18(17)27)19(28)22-11-3-4-14(21)13(20)7-11/h3-4,7,12H,5-6,8-10H2,1-2H3,(H,22,28). The zero-order valence-electron chi connectivity index (χ0n) is 16.1. The third kappa shape index (κ3) is 3.73. The number of nitrogens with zero attached hydrogens (tertiary/aromatic N) is 4. The van der Waals surface area contributed by atoms with E-state index in [0.717, 1.165) is 23.2 Å². The number of rotatable bonds is 2. The first-order valence-electron chi connectivity index (χ1n) is 9.25. The van der Waals surface area contributed by atoms with Gasteiger partial charge in [-0.2, -0.15) is 5.10 Å².